The molecule has 3 aromatic carbocycles. The summed E-state index contributed by atoms with van der Waals surface area (Å²) in [6, 6.07) is 18.6. The topological polar surface area (TPSA) is 29.1 Å². The van der Waals surface area contributed by atoms with E-state index in [0.717, 1.165) is 33.7 Å². The zero-order chi connectivity index (χ0) is 15.7. The van der Waals surface area contributed by atoms with E-state index in [1.165, 1.54) is 0 Å². The van der Waals surface area contributed by atoms with E-state index in [9.17, 15) is 4.79 Å². The molecule has 0 radical (unpaired) electrons. The molecule has 0 atom stereocenters. The normalized spacial score (nSPS) is 11.8. The lowest BCUT2D eigenvalue weighted by Gasteiger charge is -2.23. The minimum Gasteiger partial charge on any atom is -0.325 e. The average molecular weight is 291 g/mol. The maximum atomic E-state index is 12.6. The first-order valence-electron chi connectivity index (χ1n) is 7.75. The van der Waals surface area contributed by atoms with Crippen LogP contribution in [-0.2, 0) is 4.79 Å². The number of anilines is 1. The number of amides is 1. The summed E-state index contributed by atoms with van der Waals surface area (Å²) >= 11 is 0. The molecule has 0 aliphatic rings. The van der Waals surface area contributed by atoms with Crippen molar-refractivity contribution in [2.24, 2.45) is 5.41 Å². The van der Waals surface area contributed by atoms with Crippen LogP contribution in [0.4, 0.5) is 5.69 Å². The Bertz CT molecular complexity index is 795. The summed E-state index contributed by atoms with van der Waals surface area (Å²) < 4.78 is 0. The lowest BCUT2D eigenvalue weighted by molar-refractivity contribution is -0.124. The van der Waals surface area contributed by atoms with Gasteiger partial charge in [-0.05, 0) is 23.3 Å². The monoisotopic (exact) mass is 291 g/mol. The van der Waals surface area contributed by atoms with Crippen LogP contribution in [0.2, 0.25) is 0 Å². The number of fused-ring (bicyclic) bond motifs is 2. The number of carbonyl (C=O) groups is 1. The van der Waals surface area contributed by atoms with Crippen LogP contribution in [0.1, 0.15) is 27.2 Å². The van der Waals surface area contributed by atoms with E-state index in [-0.39, 0.29) is 11.3 Å². The number of benzene rings is 3. The van der Waals surface area contributed by atoms with E-state index in [1.807, 2.05) is 45.0 Å². The Labute approximate surface area is 131 Å². The fourth-order valence-corrected chi connectivity index (χ4v) is 2.59. The zero-order valence-corrected chi connectivity index (χ0v) is 13.3. The van der Waals surface area contributed by atoms with Crippen LogP contribution in [0.3, 0.4) is 0 Å². The average Bonchev–Trinajstić information content (AvgIpc) is 2.54. The van der Waals surface area contributed by atoms with Crippen LogP contribution in [0.15, 0.2) is 54.6 Å². The molecule has 0 heterocycles. The molecule has 0 aliphatic carbocycles. The van der Waals surface area contributed by atoms with Crippen molar-refractivity contribution in [2.75, 3.05) is 5.32 Å². The molecule has 0 fully saturated rings. The van der Waals surface area contributed by atoms with Gasteiger partial charge < -0.3 is 5.32 Å². The Kier molecular flexibility index (Phi) is 3.61. The summed E-state index contributed by atoms with van der Waals surface area (Å²) in [6.45, 7) is 6.01. The van der Waals surface area contributed by atoms with Gasteiger partial charge in [0.15, 0.2) is 0 Å². The molecule has 0 bridgehead atoms. The largest absolute Gasteiger partial charge is 0.325 e. The first kappa shape index (κ1) is 14.6. The molecule has 2 heteroatoms. The summed E-state index contributed by atoms with van der Waals surface area (Å²) in [6.07, 6.45) is 0.807. The van der Waals surface area contributed by atoms with Gasteiger partial charge in [0.2, 0.25) is 5.91 Å². The van der Waals surface area contributed by atoms with Crippen LogP contribution in [0.25, 0.3) is 21.5 Å². The molecule has 3 aromatic rings. The molecule has 1 N–H and O–H groups in total. The number of carbonyl (C=O) groups excluding carboxylic acids is 1. The third kappa shape index (κ3) is 2.45. The van der Waals surface area contributed by atoms with Gasteiger partial charge in [0, 0.05) is 16.2 Å². The highest BCUT2D eigenvalue weighted by Gasteiger charge is 2.26. The Morgan fingerprint density at radius 1 is 0.955 bits per heavy atom. The van der Waals surface area contributed by atoms with Gasteiger partial charge in [-0.2, -0.15) is 0 Å². The maximum absolute atomic E-state index is 12.6. The quantitative estimate of drug-likeness (QED) is 0.646. The van der Waals surface area contributed by atoms with Crippen molar-refractivity contribution < 1.29 is 4.79 Å². The van der Waals surface area contributed by atoms with Crippen LogP contribution in [0, 0.1) is 5.41 Å². The van der Waals surface area contributed by atoms with E-state index in [0.29, 0.717) is 0 Å². The number of hydrogen-bond donors (Lipinski definition) is 1. The van der Waals surface area contributed by atoms with Gasteiger partial charge in [-0.15, -0.1) is 0 Å². The molecule has 112 valence electrons. The minimum atomic E-state index is -0.377. The summed E-state index contributed by atoms with van der Waals surface area (Å²) in [7, 11) is 0. The number of rotatable bonds is 3. The predicted molar refractivity (Wildman–Crippen MR) is 94.2 cm³/mol. The Morgan fingerprint density at radius 2 is 1.45 bits per heavy atom. The second-order valence-electron chi connectivity index (χ2n) is 6.39. The molecule has 22 heavy (non-hydrogen) atoms. The fraction of sp³-hybridized carbons (Fsp3) is 0.250. The highest BCUT2D eigenvalue weighted by atomic mass is 16.2. The van der Waals surface area contributed by atoms with Gasteiger partial charge in [0.1, 0.15) is 0 Å². The van der Waals surface area contributed by atoms with Crippen molar-refractivity contribution >= 4 is 33.1 Å². The maximum Gasteiger partial charge on any atom is 0.230 e. The molecule has 0 unspecified atom stereocenters. The van der Waals surface area contributed by atoms with Crippen molar-refractivity contribution in [3.05, 3.63) is 54.6 Å². The molecule has 0 spiro atoms. The van der Waals surface area contributed by atoms with Crippen LogP contribution in [0.5, 0.6) is 0 Å². The third-order valence-electron chi connectivity index (χ3n) is 4.51. The van der Waals surface area contributed by atoms with Crippen molar-refractivity contribution in [1.82, 2.24) is 0 Å². The first-order chi connectivity index (χ1) is 10.5. The van der Waals surface area contributed by atoms with Gasteiger partial charge in [-0.25, -0.2) is 0 Å². The third-order valence-corrected chi connectivity index (χ3v) is 4.51. The van der Waals surface area contributed by atoms with E-state index in [2.05, 4.69) is 35.6 Å². The van der Waals surface area contributed by atoms with E-state index >= 15 is 0 Å². The SMILES string of the molecule is CCC(C)(C)C(=O)Nc1c2ccccc2cc2ccccc12. The highest BCUT2D eigenvalue weighted by molar-refractivity contribution is 6.15. The molecular weight excluding hydrogens is 270 g/mol. The first-order valence-corrected chi connectivity index (χ1v) is 7.75. The summed E-state index contributed by atoms with van der Waals surface area (Å²) in [4.78, 5) is 12.6. The molecule has 1 amide bonds. The smallest absolute Gasteiger partial charge is 0.230 e. The van der Waals surface area contributed by atoms with Crippen molar-refractivity contribution in [2.45, 2.75) is 27.2 Å². The molecule has 0 saturated carbocycles. The van der Waals surface area contributed by atoms with Gasteiger partial charge in [-0.3, -0.25) is 4.79 Å². The van der Waals surface area contributed by atoms with Crippen LogP contribution >= 0.6 is 0 Å². The standard InChI is InChI=1S/C20H21NO/c1-4-20(2,3)19(22)21-18-16-11-7-5-9-14(16)13-15-10-6-8-12-17(15)18/h5-13H,4H2,1-3H3,(H,21,22). The minimum absolute atomic E-state index is 0.0662. The predicted octanol–water partition coefficient (Wildman–Crippen LogP) is 5.37. The zero-order valence-electron chi connectivity index (χ0n) is 13.3. The summed E-state index contributed by atoms with van der Waals surface area (Å²) in [5.41, 5.74) is 0.540. The van der Waals surface area contributed by atoms with Crippen LogP contribution in [-0.4, -0.2) is 5.91 Å². The van der Waals surface area contributed by atoms with Gasteiger partial charge in [0.05, 0.1) is 5.69 Å². The van der Waals surface area contributed by atoms with Crippen molar-refractivity contribution in [3.8, 4) is 0 Å². The molecular formula is C20H21NO. The lowest BCUT2D eigenvalue weighted by atomic mass is 9.89. The van der Waals surface area contributed by atoms with E-state index < -0.39 is 0 Å². The summed E-state index contributed by atoms with van der Waals surface area (Å²) in [5, 5.41) is 7.64. The Hall–Kier alpha value is -2.35. The molecule has 0 aromatic heterocycles. The van der Waals surface area contributed by atoms with Gasteiger partial charge in [0.25, 0.3) is 0 Å². The molecule has 0 saturated heterocycles. The number of hydrogen-bond acceptors (Lipinski definition) is 1. The van der Waals surface area contributed by atoms with E-state index in [4.69, 9.17) is 0 Å². The van der Waals surface area contributed by atoms with Gasteiger partial charge >= 0.3 is 0 Å². The Morgan fingerprint density at radius 3 is 1.95 bits per heavy atom. The van der Waals surface area contributed by atoms with Gasteiger partial charge in [-0.1, -0.05) is 69.3 Å². The Balaban J connectivity index is 2.22. The summed E-state index contributed by atoms with van der Waals surface area (Å²) in [5.74, 6) is 0.0662. The second-order valence-corrected chi connectivity index (χ2v) is 6.39. The fourth-order valence-electron chi connectivity index (χ4n) is 2.59. The van der Waals surface area contributed by atoms with E-state index in [1.54, 1.807) is 0 Å². The molecule has 2 nitrogen and oxygen atoms in total. The highest BCUT2D eigenvalue weighted by Crippen LogP contribution is 2.34. The lowest BCUT2D eigenvalue weighted by Crippen LogP contribution is -2.30. The van der Waals surface area contributed by atoms with Crippen molar-refractivity contribution in [3.63, 3.8) is 0 Å². The molecule has 0 aliphatic heterocycles. The van der Waals surface area contributed by atoms with Crippen LogP contribution < -0.4 is 5.32 Å². The number of nitrogens with one attached hydrogen (secondary N) is 1. The second kappa shape index (κ2) is 5.45. The van der Waals surface area contributed by atoms with Crippen molar-refractivity contribution in [1.29, 1.82) is 0 Å². The molecule has 3 rings (SSSR count).